The Morgan fingerprint density at radius 3 is 3.06 bits per heavy atom. The zero-order valence-corrected chi connectivity index (χ0v) is 9.15. The average Bonchev–Trinajstić information content (AvgIpc) is 2.30. The summed E-state index contributed by atoms with van der Waals surface area (Å²) in [5.41, 5.74) is 1.80. The van der Waals surface area contributed by atoms with Crippen LogP contribution in [0.5, 0.6) is 0 Å². The summed E-state index contributed by atoms with van der Waals surface area (Å²) in [6.45, 7) is 0. The van der Waals surface area contributed by atoms with E-state index in [4.69, 9.17) is 16.9 Å². The van der Waals surface area contributed by atoms with Crippen LogP contribution in [0, 0.1) is 11.3 Å². The van der Waals surface area contributed by atoms with Gasteiger partial charge in [0.1, 0.15) is 11.5 Å². The van der Waals surface area contributed by atoms with E-state index in [1.54, 1.807) is 6.08 Å². The van der Waals surface area contributed by atoms with E-state index in [2.05, 4.69) is 9.97 Å². The molecule has 2 rings (SSSR count). The second kappa shape index (κ2) is 4.73. The first-order valence-electron chi connectivity index (χ1n) is 4.75. The lowest BCUT2D eigenvalue weighted by Crippen LogP contribution is -1.84. The number of hydrogen-bond acceptors (Lipinski definition) is 3. The maximum atomic E-state index is 8.42. The summed E-state index contributed by atoms with van der Waals surface area (Å²) < 4.78 is 0. The Hall–Kier alpha value is -1.92. The number of hydrogen-bond donors (Lipinski definition) is 0. The van der Waals surface area contributed by atoms with Crippen molar-refractivity contribution in [3.63, 3.8) is 0 Å². The van der Waals surface area contributed by atoms with Gasteiger partial charge in [0.25, 0.3) is 0 Å². The molecule has 1 heterocycles. The largest absolute Gasteiger partial charge is 0.236 e. The predicted octanol–water partition coefficient (Wildman–Crippen LogP) is 3.21. The Morgan fingerprint density at radius 1 is 1.38 bits per heavy atom. The highest BCUT2D eigenvalue weighted by molar-refractivity contribution is 6.34. The molecule has 0 aliphatic carbocycles. The van der Waals surface area contributed by atoms with Crippen LogP contribution in [-0.2, 0) is 0 Å². The molecule has 4 heteroatoms. The molecule has 2 aromatic rings. The summed E-state index contributed by atoms with van der Waals surface area (Å²) in [6.07, 6.45) is 5.53. The van der Waals surface area contributed by atoms with Crippen LogP contribution in [0.15, 0.2) is 30.6 Å². The van der Waals surface area contributed by atoms with Crippen LogP contribution in [-0.4, -0.2) is 9.97 Å². The van der Waals surface area contributed by atoms with Crippen molar-refractivity contribution in [1.29, 1.82) is 5.26 Å². The third kappa shape index (κ3) is 2.18. The normalized spacial score (nSPS) is 10.8. The zero-order chi connectivity index (χ0) is 11.4. The van der Waals surface area contributed by atoms with Crippen LogP contribution in [0.4, 0.5) is 0 Å². The Labute approximate surface area is 98.0 Å². The number of nitrogens with zero attached hydrogens (tertiary/aromatic N) is 3. The fourth-order valence-electron chi connectivity index (χ4n) is 1.39. The number of nitriles is 1. The Bertz CT molecular complexity index is 584. The molecule has 78 valence electrons. The smallest absolute Gasteiger partial charge is 0.140 e. The van der Waals surface area contributed by atoms with Crippen molar-refractivity contribution in [2.45, 2.75) is 6.42 Å². The Morgan fingerprint density at radius 2 is 2.25 bits per heavy atom. The molecule has 0 radical (unpaired) electrons. The first-order valence-corrected chi connectivity index (χ1v) is 5.13. The fourth-order valence-corrected chi connectivity index (χ4v) is 1.59. The monoisotopic (exact) mass is 229 g/mol. The van der Waals surface area contributed by atoms with Crippen molar-refractivity contribution in [2.75, 3.05) is 0 Å². The van der Waals surface area contributed by atoms with Gasteiger partial charge in [0.05, 0.1) is 18.0 Å². The topological polar surface area (TPSA) is 49.6 Å². The van der Waals surface area contributed by atoms with E-state index in [-0.39, 0.29) is 0 Å². The second-order valence-electron chi connectivity index (χ2n) is 3.21. The summed E-state index contributed by atoms with van der Waals surface area (Å²) in [6, 6.07) is 7.77. The molecule has 0 saturated carbocycles. The van der Waals surface area contributed by atoms with Gasteiger partial charge in [-0.05, 0) is 17.7 Å². The molecule has 16 heavy (non-hydrogen) atoms. The van der Waals surface area contributed by atoms with E-state index >= 15 is 0 Å². The predicted molar refractivity (Wildman–Crippen MR) is 63.8 cm³/mol. The van der Waals surface area contributed by atoms with Crippen molar-refractivity contribution >= 4 is 28.6 Å². The third-order valence-electron chi connectivity index (χ3n) is 2.13. The van der Waals surface area contributed by atoms with Crippen LogP contribution < -0.4 is 0 Å². The van der Waals surface area contributed by atoms with Gasteiger partial charge in [0, 0.05) is 5.39 Å². The highest BCUT2D eigenvalue weighted by Crippen LogP contribution is 2.20. The van der Waals surface area contributed by atoms with Crippen molar-refractivity contribution in [3.8, 4) is 6.07 Å². The lowest BCUT2D eigenvalue weighted by molar-refractivity contribution is 1.22. The highest BCUT2D eigenvalue weighted by Gasteiger charge is 2.00. The molecule has 0 bridgehead atoms. The van der Waals surface area contributed by atoms with Gasteiger partial charge in [0.15, 0.2) is 0 Å². The van der Waals surface area contributed by atoms with Crippen LogP contribution in [0.25, 0.3) is 17.0 Å². The van der Waals surface area contributed by atoms with Gasteiger partial charge in [-0.3, -0.25) is 0 Å². The molecule has 0 aliphatic heterocycles. The molecule has 0 fully saturated rings. The molecular formula is C12H8ClN3. The number of halogens is 1. The van der Waals surface area contributed by atoms with Gasteiger partial charge in [-0.15, -0.1) is 0 Å². The fraction of sp³-hybridized carbons (Fsp3) is 0.0833. The summed E-state index contributed by atoms with van der Waals surface area (Å²) >= 11 is 5.96. The number of benzene rings is 1. The van der Waals surface area contributed by atoms with E-state index in [9.17, 15) is 0 Å². The molecule has 0 aliphatic rings. The summed E-state index contributed by atoms with van der Waals surface area (Å²) in [5.74, 6) is 0. The molecule has 1 aromatic heterocycles. The van der Waals surface area contributed by atoms with Crippen LogP contribution in [0.1, 0.15) is 12.0 Å². The minimum absolute atomic E-state index is 0.400. The molecule has 0 unspecified atom stereocenters. The first-order chi connectivity index (χ1) is 7.81. The number of rotatable bonds is 2. The minimum Gasteiger partial charge on any atom is -0.236 e. The summed E-state index contributed by atoms with van der Waals surface area (Å²) in [4.78, 5) is 8.03. The molecule has 1 aromatic carbocycles. The van der Waals surface area contributed by atoms with Gasteiger partial charge in [-0.2, -0.15) is 5.26 Å². The number of aromatic nitrogens is 2. The highest BCUT2D eigenvalue weighted by atomic mass is 35.5. The van der Waals surface area contributed by atoms with E-state index in [0.29, 0.717) is 11.6 Å². The lowest BCUT2D eigenvalue weighted by Gasteiger charge is -1.99. The Kier molecular flexibility index (Phi) is 3.13. The second-order valence-corrected chi connectivity index (χ2v) is 3.56. The molecule has 0 saturated heterocycles. The maximum Gasteiger partial charge on any atom is 0.140 e. The Balaban J connectivity index is 2.44. The van der Waals surface area contributed by atoms with Crippen molar-refractivity contribution in [3.05, 3.63) is 41.3 Å². The van der Waals surface area contributed by atoms with Gasteiger partial charge in [-0.25, -0.2) is 9.97 Å². The SMILES string of the molecule is N#CCC=Cc1ccc2ncnc(Cl)c2c1. The quantitative estimate of drug-likeness (QED) is 0.743. The van der Waals surface area contributed by atoms with E-state index in [1.807, 2.05) is 30.3 Å². The van der Waals surface area contributed by atoms with Gasteiger partial charge < -0.3 is 0 Å². The van der Waals surface area contributed by atoms with Crippen molar-refractivity contribution < 1.29 is 0 Å². The zero-order valence-electron chi connectivity index (χ0n) is 8.39. The third-order valence-corrected chi connectivity index (χ3v) is 2.43. The van der Waals surface area contributed by atoms with E-state index in [0.717, 1.165) is 16.5 Å². The average molecular weight is 230 g/mol. The summed E-state index contributed by atoms with van der Waals surface area (Å²) in [5, 5.41) is 9.69. The van der Waals surface area contributed by atoms with Crippen LogP contribution in [0.2, 0.25) is 5.15 Å². The van der Waals surface area contributed by atoms with Gasteiger partial charge in [0.2, 0.25) is 0 Å². The maximum absolute atomic E-state index is 8.42. The van der Waals surface area contributed by atoms with Crippen molar-refractivity contribution in [1.82, 2.24) is 9.97 Å². The molecule has 0 atom stereocenters. The first kappa shape index (κ1) is 10.6. The van der Waals surface area contributed by atoms with Gasteiger partial charge >= 0.3 is 0 Å². The van der Waals surface area contributed by atoms with E-state index < -0.39 is 0 Å². The minimum atomic E-state index is 0.400. The molecule has 3 nitrogen and oxygen atoms in total. The lowest BCUT2D eigenvalue weighted by atomic mass is 10.1. The summed E-state index contributed by atoms with van der Waals surface area (Å²) in [7, 11) is 0. The van der Waals surface area contributed by atoms with Gasteiger partial charge in [-0.1, -0.05) is 29.8 Å². The number of allylic oxidation sites excluding steroid dienone is 1. The van der Waals surface area contributed by atoms with Crippen molar-refractivity contribution in [2.24, 2.45) is 0 Å². The molecule has 0 amide bonds. The molecular weight excluding hydrogens is 222 g/mol. The molecule has 0 spiro atoms. The van der Waals surface area contributed by atoms with Crippen LogP contribution >= 0.6 is 11.6 Å². The molecule has 0 N–H and O–H groups in total. The standard InChI is InChI=1S/C12H8ClN3/c13-12-10-7-9(3-1-2-6-14)4-5-11(10)15-8-16-12/h1,3-5,7-8H,2H2. The van der Waals surface area contributed by atoms with Crippen LogP contribution in [0.3, 0.4) is 0 Å². The number of fused-ring (bicyclic) bond motifs is 1. The van der Waals surface area contributed by atoms with E-state index in [1.165, 1.54) is 6.33 Å².